The molecule has 0 spiro atoms. The van der Waals surface area contributed by atoms with Crippen LogP contribution in [0.1, 0.15) is 42.5 Å². The van der Waals surface area contributed by atoms with E-state index >= 15 is 0 Å². The molecule has 0 amide bonds. The van der Waals surface area contributed by atoms with Crippen molar-refractivity contribution in [2.75, 3.05) is 0 Å². The fourth-order valence-electron chi connectivity index (χ4n) is 2.98. The first kappa shape index (κ1) is 16.1. The summed E-state index contributed by atoms with van der Waals surface area (Å²) in [6.07, 6.45) is 0. The van der Waals surface area contributed by atoms with Gasteiger partial charge in [-0.25, -0.2) is 9.18 Å². The zero-order chi connectivity index (χ0) is 17.4. The molecule has 1 atom stereocenters. The molecule has 5 nitrogen and oxygen atoms in total. The molecule has 0 bridgehead atoms. The van der Waals surface area contributed by atoms with Gasteiger partial charge in [-0.3, -0.25) is 4.57 Å². The van der Waals surface area contributed by atoms with E-state index in [1.165, 1.54) is 10.6 Å². The van der Waals surface area contributed by atoms with Gasteiger partial charge in [0.15, 0.2) is 0 Å². The van der Waals surface area contributed by atoms with Crippen LogP contribution in [0.15, 0.2) is 46.4 Å². The van der Waals surface area contributed by atoms with Gasteiger partial charge in [0, 0.05) is 12.6 Å². The Hall–Kier alpha value is -2.76. The smallest absolute Gasteiger partial charge is 0.305 e. The van der Waals surface area contributed by atoms with Crippen molar-refractivity contribution >= 4 is 11.0 Å². The quantitative estimate of drug-likeness (QED) is 0.736. The topological polar surface area (TPSA) is 67.2 Å². The number of nitroso groups, excluding NO2 is 1. The monoisotopic (exact) mass is 327 g/mol. The van der Waals surface area contributed by atoms with E-state index in [2.05, 4.69) is 10.2 Å². The minimum absolute atomic E-state index is 0.0515. The fraction of sp³-hybridized carbons (Fsp3) is 0.278. The molecular weight excluding hydrogens is 309 g/mol. The summed E-state index contributed by atoms with van der Waals surface area (Å²) < 4.78 is 15.8. The molecule has 0 aliphatic rings. The van der Waals surface area contributed by atoms with Gasteiger partial charge < -0.3 is 4.98 Å². The lowest BCUT2D eigenvalue weighted by Gasteiger charge is -2.14. The Balaban J connectivity index is 2.17. The number of nitrogens with one attached hydrogen (secondary N) is 1. The van der Waals surface area contributed by atoms with Crippen molar-refractivity contribution in [2.45, 2.75) is 25.8 Å². The Morgan fingerprint density at radius 1 is 1.17 bits per heavy atom. The maximum atomic E-state index is 14.3. The van der Waals surface area contributed by atoms with Gasteiger partial charge >= 0.3 is 5.69 Å². The molecule has 0 aliphatic carbocycles. The van der Waals surface area contributed by atoms with Gasteiger partial charge in [-0.2, -0.15) is 0 Å². The van der Waals surface area contributed by atoms with Gasteiger partial charge in [0.25, 0.3) is 0 Å². The van der Waals surface area contributed by atoms with E-state index in [1.54, 1.807) is 37.4 Å². The van der Waals surface area contributed by atoms with Crippen LogP contribution in [0.4, 0.5) is 4.39 Å². The van der Waals surface area contributed by atoms with Crippen molar-refractivity contribution in [1.82, 2.24) is 9.55 Å². The average molecular weight is 327 g/mol. The van der Waals surface area contributed by atoms with E-state index in [4.69, 9.17) is 0 Å². The van der Waals surface area contributed by atoms with Crippen LogP contribution in [0, 0.1) is 10.7 Å². The standard InChI is InChI=1S/C18H18FN3O2/c1-10(2)12-8-7-11(9-14(12)19)16(21-24)13-5-4-6-15-17(13)20-18(23)22(15)3/h4-10,16H,1-3H3,(H,20,23)/t16-/m1/s1. The summed E-state index contributed by atoms with van der Waals surface area (Å²) in [5.41, 5.74) is 2.55. The van der Waals surface area contributed by atoms with E-state index < -0.39 is 6.04 Å². The maximum Gasteiger partial charge on any atom is 0.326 e. The van der Waals surface area contributed by atoms with Gasteiger partial charge in [0.2, 0.25) is 0 Å². The summed E-state index contributed by atoms with van der Waals surface area (Å²) in [5.74, 6) is -0.305. The van der Waals surface area contributed by atoms with Crippen LogP contribution in [0.5, 0.6) is 0 Å². The van der Waals surface area contributed by atoms with Crippen LogP contribution in [-0.2, 0) is 7.05 Å². The molecule has 0 radical (unpaired) electrons. The third kappa shape index (κ3) is 2.54. The highest BCUT2D eigenvalue weighted by Crippen LogP contribution is 2.32. The maximum absolute atomic E-state index is 14.3. The molecule has 0 fully saturated rings. The van der Waals surface area contributed by atoms with E-state index in [1.807, 2.05) is 13.8 Å². The van der Waals surface area contributed by atoms with Crippen molar-refractivity contribution in [3.63, 3.8) is 0 Å². The molecule has 0 aliphatic heterocycles. The number of aryl methyl sites for hydroxylation is 1. The van der Waals surface area contributed by atoms with Crippen molar-refractivity contribution in [1.29, 1.82) is 0 Å². The molecule has 0 saturated carbocycles. The zero-order valence-electron chi connectivity index (χ0n) is 13.7. The molecule has 124 valence electrons. The van der Waals surface area contributed by atoms with Crippen molar-refractivity contribution in [3.05, 3.63) is 74.3 Å². The minimum Gasteiger partial charge on any atom is -0.305 e. The second-order valence-corrected chi connectivity index (χ2v) is 6.17. The third-order valence-corrected chi connectivity index (χ3v) is 4.33. The third-order valence-electron chi connectivity index (χ3n) is 4.33. The lowest BCUT2D eigenvalue weighted by molar-refractivity contribution is 0.594. The lowest BCUT2D eigenvalue weighted by atomic mass is 9.94. The Morgan fingerprint density at radius 2 is 1.92 bits per heavy atom. The average Bonchev–Trinajstić information content (AvgIpc) is 2.84. The molecule has 24 heavy (non-hydrogen) atoms. The molecule has 0 saturated heterocycles. The molecule has 2 aromatic carbocycles. The van der Waals surface area contributed by atoms with E-state index in [0.29, 0.717) is 27.7 Å². The van der Waals surface area contributed by atoms with Crippen molar-refractivity contribution in [3.8, 4) is 0 Å². The normalized spacial score (nSPS) is 12.7. The predicted octanol–water partition coefficient (Wildman–Crippen LogP) is 3.98. The van der Waals surface area contributed by atoms with Gasteiger partial charge in [-0.1, -0.05) is 43.3 Å². The van der Waals surface area contributed by atoms with E-state index in [0.717, 1.165) is 0 Å². The molecule has 3 aromatic rings. The second-order valence-electron chi connectivity index (χ2n) is 6.17. The number of para-hydroxylation sites is 1. The largest absolute Gasteiger partial charge is 0.326 e. The summed E-state index contributed by atoms with van der Waals surface area (Å²) in [6.45, 7) is 3.81. The zero-order valence-corrected chi connectivity index (χ0v) is 13.7. The molecule has 1 N–H and O–H groups in total. The highest BCUT2D eigenvalue weighted by molar-refractivity contribution is 5.80. The van der Waals surface area contributed by atoms with Crippen LogP contribution >= 0.6 is 0 Å². The Kier molecular flexibility index (Phi) is 4.05. The summed E-state index contributed by atoms with van der Waals surface area (Å²) in [6, 6.07) is 9.11. The molecule has 1 heterocycles. The number of rotatable bonds is 4. The second kappa shape index (κ2) is 6.03. The number of fused-ring (bicyclic) bond motifs is 1. The fourth-order valence-corrected chi connectivity index (χ4v) is 2.98. The SMILES string of the molecule is CC(C)c1ccc([C@@H](N=O)c2cccc3c2[nH]c(=O)n3C)cc1F. The molecule has 0 unspecified atom stereocenters. The number of benzene rings is 2. The number of aromatic nitrogens is 2. The Morgan fingerprint density at radius 3 is 2.54 bits per heavy atom. The summed E-state index contributed by atoms with van der Waals surface area (Å²) >= 11 is 0. The van der Waals surface area contributed by atoms with Crippen molar-refractivity contribution < 1.29 is 4.39 Å². The van der Waals surface area contributed by atoms with Crippen LogP contribution in [0.3, 0.4) is 0 Å². The van der Waals surface area contributed by atoms with E-state index in [-0.39, 0.29) is 17.4 Å². The number of halogens is 1. The van der Waals surface area contributed by atoms with Gasteiger partial charge in [-0.05, 0) is 29.2 Å². The minimum atomic E-state index is -0.887. The number of nitrogens with zero attached hydrogens (tertiary/aromatic N) is 2. The van der Waals surface area contributed by atoms with Crippen molar-refractivity contribution in [2.24, 2.45) is 12.2 Å². The lowest BCUT2D eigenvalue weighted by Crippen LogP contribution is -2.11. The van der Waals surface area contributed by atoms with Crippen LogP contribution in [0.2, 0.25) is 0 Å². The number of hydrogen-bond acceptors (Lipinski definition) is 3. The Bertz CT molecular complexity index is 972. The first-order valence-corrected chi connectivity index (χ1v) is 7.73. The molecule has 1 aromatic heterocycles. The highest BCUT2D eigenvalue weighted by Gasteiger charge is 2.21. The van der Waals surface area contributed by atoms with Crippen LogP contribution < -0.4 is 5.69 Å². The summed E-state index contributed by atoms with van der Waals surface area (Å²) in [5, 5.41) is 3.19. The summed E-state index contributed by atoms with van der Waals surface area (Å²) in [4.78, 5) is 26.1. The van der Waals surface area contributed by atoms with E-state index in [9.17, 15) is 14.1 Å². The van der Waals surface area contributed by atoms with Gasteiger partial charge in [0.1, 0.15) is 11.9 Å². The number of aromatic amines is 1. The number of hydrogen-bond donors (Lipinski definition) is 1. The molecular formula is C18H18FN3O2. The van der Waals surface area contributed by atoms with Gasteiger partial charge in [0.05, 0.1) is 11.0 Å². The first-order chi connectivity index (χ1) is 11.4. The Labute approximate surface area is 138 Å². The van der Waals surface area contributed by atoms with Gasteiger partial charge in [-0.15, -0.1) is 4.91 Å². The van der Waals surface area contributed by atoms with Crippen LogP contribution in [0.25, 0.3) is 11.0 Å². The number of H-pyrrole nitrogens is 1. The van der Waals surface area contributed by atoms with Crippen LogP contribution in [-0.4, -0.2) is 9.55 Å². The first-order valence-electron chi connectivity index (χ1n) is 7.73. The predicted molar refractivity (Wildman–Crippen MR) is 91.7 cm³/mol. The number of imidazole rings is 1. The molecule has 6 heteroatoms. The molecule has 3 rings (SSSR count). The summed E-state index contributed by atoms with van der Waals surface area (Å²) in [7, 11) is 1.64. The highest BCUT2D eigenvalue weighted by atomic mass is 19.1.